The lowest BCUT2D eigenvalue weighted by atomic mass is 10.0. The lowest BCUT2D eigenvalue weighted by Gasteiger charge is -2.40. The van der Waals surface area contributed by atoms with Gasteiger partial charge in [0.15, 0.2) is 11.6 Å². The van der Waals surface area contributed by atoms with Gasteiger partial charge in [-0.25, -0.2) is 19.1 Å². The number of carbonyl (C=O) groups excluding carboxylic acids is 1. The minimum absolute atomic E-state index is 0.0897. The standard InChI is InChI=1S/C27H21FN6O2/c1-17-22-16-30-26(31-19-8-4-3-5-9-19)32-25(22)34(20-10-6-7-18(13-20)15-29)27(35)33(17)24-12-11-21(36-2)14-23(24)28/h3-14,16-17H,1-2H3,(H,30,31,32). The third kappa shape index (κ3) is 4.05. The summed E-state index contributed by atoms with van der Waals surface area (Å²) in [5, 5.41) is 12.6. The summed E-state index contributed by atoms with van der Waals surface area (Å²) < 4.78 is 20.2. The Balaban J connectivity index is 1.66. The van der Waals surface area contributed by atoms with Crippen molar-refractivity contribution in [3.8, 4) is 11.8 Å². The third-order valence-corrected chi connectivity index (χ3v) is 5.92. The SMILES string of the molecule is COc1ccc(N2C(=O)N(c3cccc(C#N)c3)c3nc(Nc4ccccc4)ncc3C2C)c(F)c1. The molecule has 36 heavy (non-hydrogen) atoms. The van der Waals surface area contributed by atoms with E-state index in [1.807, 2.05) is 30.3 Å². The van der Waals surface area contributed by atoms with Crippen LogP contribution in [-0.2, 0) is 0 Å². The van der Waals surface area contributed by atoms with Crippen LogP contribution in [0.2, 0.25) is 0 Å². The van der Waals surface area contributed by atoms with E-state index in [2.05, 4.69) is 21.4 Å². The van der Waals surface area contributed by atoms with Crippen molar-refractivity contribution in [2.75, 3.05) is 22.2 Å². The molecule has 1 atom stereocenters. The number of hydrogen-bond acceptors (Lipinski definition) is 6. The first-order valence-electron chi connectivity index (χ1n) is 11.2. The molecule has 5 rings (SSSR count). The second-order valence-electron chi connectivity index (χ2n) is 8.11. The summed E-state index contributed by atoms with van der Waals surface area (Å²) in [5.41, 5.74) is 2.29. The number of ether oxygens (including phenoxy) is 1. The number of hydrogen-bond donors (Lipinski definition) is 1. The second-order valence-corrected chi connectivity index (χ2v) is 8.11. The molecule has 0 saturated carbocycles. The van der Waals surface area contributed by atoms with Gasteiger partial charge in [-0.1, -0.05) is 24.3 Å². The van der Waals surface area contributed by atoms with Crippen LogP contribution in [0.4, 0.5) is 38.0 Å². The molecule has 3 aromatic carbocycles. The number of nitriles is 1. The highest BCUT2D eigenvalue weighted by molar-refractivity contribution is 6.11. The summed E-state index contributed by atoms with van der Waals surface area (Å²) in [7, 11) is 1.45. The molecule has 178 valence electrons. The van der Waals surface area contributed by atoms with Crippen LogP contribution in [0.3, 0.4) is 0 Å². The predicted octanol–water partition coefficient (Wildman–Crippen LogP) is 6.08. The summed E-state index contributed by atoms with van der Waals surface area (Å²) in [4.78, 5) is 25.8. The zero-order chi connectivity index (χ0) is 25.2. The molecule has 8 nitrogen and oxygen atoms in total. The number of carbonyl (C=O) groups is 1. The highest BCUT2D eigenvalue weighted by atomic mass is 19.1. The average molecular weight is 481 g/mol. The number of urea groups is 1. The minimum Gasteiger partial charge on any atom is -0.497 e. The Kier molecular flexibility index (Phi) is 5.92. The van der Waals surface area contributed by atoms with Crippen molar-refractivity contribution in [1.29, 1.82) is 5.26 Å². The topological polar surface area (TPSA) is 94.4 Å². The van der Waals surface area contributed by atoms with E-state index in [-0.39, 0.29) is 5.69 Å². The first-order chi connectivity index (χ1) is 17.5. The van der Waals surface area contributed by atoms with Gasteiger partial charge in [0.1, 0.15) is 5.75 Å². The Bertz CT molecular complexity index is 1490. The van der Waals surface area contributed by atoms with Crippen LogP contribution in [0.1, 0.15) is 24.1 Å². The van der Waals surface area contributed by atoms with E-state index in [0.717, 1.165) is 5.69 Å². The number of nitrogens with one attached hydrogen (secondary N) is 1. The highest BCUT2D eigenvalue weighted by Gasteiger charge is 2.40. The van der Waals surface area contributed by atoms with Crippen LogP contribution in [0, 0.1) is 17.1 Å². The first-order valence-corrected chi connectivity index (χ1v) is 11.2. The van der Waals surface area contributed by atoms with Crippen LogP contribution in [0.5, 0.6) is 5.75 Å². The predicted molar refractivity (Wildman–Crippen MR) is 134 cm³/mol. The van der Waals surface area contributed by atoms with Crippen LogP contribution in [0.25, 0.3) is 0 Å². The molecule has 1 unspecified atom stereocenters. The van der Waals surface area contributed by atoms with Crippen LogP contribution in [0.15, 0.2) is 79.0 Å². The van der Waals surface area contributed by atoms with E-state index in [1.54, 1.807) is 43.5 Å². The molecule has 1 aliphatic rings. The lowest BCUT2D eigenvalue weighted by Crippen LogP contribution is -2.48. The Morgan fingerprint density at radius 1 is 1.08 bits per heavy atom. The van der Waals surface area contributed by atoms with E-state index < -0.39 is 17.9 Å². The second kappa shape index (κ2) is 9.35. The van der Waals surface area contributed by atoms with Crippen LogP contribution < -0.4 is 19.9 Å². The Morgan fingerprint density at radius 3 is 2.61 bits per heavy atom. The van der Waals surface area contributed by atoms with Crippen molar-refractivity contribution in [3.63, 3.8) is 0 Å². The summed E-state index contributed by atoms with van der Waals surface area (Å²) in [6, 6.07) is 21.4. The van der Waals surface area contributed by atoms with Crippen molar-refractivity contribution >= 4 is 34.9 Å². The summed E-state index contributed by atoms with van der Waals surface area (Å²) in [5.74, 6) is 0.381. The van der Waals surface area contributed by atoms with E-state index in [1.165, 1.54) is 29.0 Å². The maximum absolute atomic E-state index is 15.1. The molecular weight excluding hydrogens is 459 g/mol. The van der Waals surface area contributed by atoms with Gasteiger partial charge in [-0.15, -0.1) is 0 Å². The van der Waals surface area contributed by atoms with Crippen molar-refractivity contribution in [1.82, 2.24) is 9.97 Å². The van der Waals surface area contributed by atoms with E-state index in [4.69, 9.17) is 4.74 Å². The third-order valence-electron chi connectivity index (χ3n) is 5.92. The molecule has 0 fully saturated rings. The number of halogens is 1. The van der Waals surface area contributed by atoms with Crippen molar-refractivity contribution in [3.05, 3.63) is 95.9 Å². The zero-order valence-corrected chi connectivity index (χ0v) is 19.5. The Morgan fingerprint density at radius 2 is 1.89 bits per heavy atom. The van der Waals surface area contributed by atoms with Gasteiger partial charge in [-0.2, -0.15) is 10.2 Å². The number of rotatable bonds is 5. The fourth-order valence-electron chi connectivity index (χ4n) is 4.14. The largest absolute Gasteiger partial charge is 0.497 e. The number of amides is 2. The maximum Gasteiger partial charge on any atom is 0.335 e. The molecule has 0 radical (unpaired) electrons. The monoisotopic (exact) mass is 480 g/mol. The molecule has 0 saturated heterocycles. The van der Waals surface area contributed by atoms with Gasteiger partial charge in [0.25, 0.3) is 0 Å². The van der Waals surface area contributed by atoms with E-state index in [9.17, 15) is 10.1 Å². The van der Waals surface area contributed by atoms with Gasteiger partial charge in [0.05, 0.1) is 36.2 Å². The number of fused-ring (bicyclic) bond motifs is 1. The molecule has 2 amide bonds. The van der Waals surface area contributed by atoms with Gasteiger partial charge < -0.3 is 10.1 Å². The van der Waals surface area contributed by atoms with Gasteiger partial charge in [-0.3, -0.25) is 4.90 Å². The Hall–Kier alpha value is -4.97. The fourth-order valence-corrected chi connectivity index (χ4v) is 4.14. The molecule has 1 N–H and O–H groups in total. The molecule has 9 heteroatoms. The number of methoxy groups -OCH3 is 1. The summed E-state index contributed by atoms with van der Waals surface area (Å²) in [6.45, 7) is 1.79. The van der Waals surface area contributed by atoms with Crippen molar-refractivity contribution in [2.24, 2.45) is 0 Å². The molecule has 0 spiro atoms. The maximum atomic E-state index is 15.1. The van der Waals surface area contributed by atoms with E-state index in [0.29, 0.717) is 34.3 Å². The molecule has 0 aliphatic carbocycles. The van der Waals surface area contributed by atoms with Crippen molar-refractivity contribution in [2.45, 2.75) is 13.0 Å². The van der Waals surface area contributed by atoms with Gasteiger partial charge in [0.2, 0.25) is 5.95 Å². The summed E-state index contributed by atoms with van der Waals surface area (Å²) >= 11 is 0. The number of para-hydroxylation sites is 1. The van der Waals surface area contributed by atoms with Crippen LogP contribution in [-0.4, -0.2) is 23.1 Å². The fraction of sp³-hybridized carbons (Fsp3) is 0.111. The molecule has 1 aromatic heterocycles. The lowest BCUT2D eigenvalue weighted by molar-refractivity contribution is 0.250. The average Bonchev–Trinajstić information content (AvgIpc) is 2.90. The van der Waals surface area contributed by atoms with Gasteiger partial charge >= 0.3 is 6.03 Å². The number of nitrogens with zero attached hydrogens (tertiary/aromatic N) is 5. The number of anilines is 5. The van der Waals surface area contributed by atoms with Gasteiger partial charge in [0, 0.05) is 23.5 Å². The molecule has 4 aromatic rings. The van der Waals surface area contributed by atoms with Gasteiger partial charge in [-0.05, 0) is 49.4 Å². The number of benzene rings is 3. The summed E-state index contributed by atoms with van der Waals surface area (Å²) in [6.07, 6.45) is 1.63. The smallest absolute Gasteiger partial charge is 0.335 e. The molecular formula is C27H21FN6O2. The zero-order valence-electron chi connectivity index (χ0n) is 19.5. The van der Waals surface area contributed by atoms with Crippen LogP contribution >= 0.6 is 0 Å². The van der Waals surface area contributed by atoms with E-state index >= 15 is 4.39 Å². The highest BCUT2D eigenvalue weighted by Crippen LogP contribution is 2.43. The molecule has 2 heterocycles. The minimum atomic E-state index is -0.605. The Labute approximate surface area is 207 Å². The molecule has 1 aliphatic heterocycles. The normalized spacial score (nSPS) is 14.7. The first kappa shape index (κ1) is 22.8. The quantitative estimate of drug-likeness (QED) is 0.372. The molecule has 0 bridgehead atoms. The van der Waals surface area contributed by atoms with Crippen molar-refractivity contribution < 1.29 is 13.9 Å². The number of aromatic nitrogens is 2.